The van der Waals surface area contributed by atoms with Gasteiger partial charge in [-0.25, -0.2) is 0 Å². The number of rotatable bonds is 8. The summed E-state index contributed by atoms with van der Waals surface area (Å²) < 4.78 is 1.53. The van der Waals surface area contributed by atoms with Crippen LogP contribution in [0.2, 0.25) is 0 Å². The molecule has 136 valence electrons. The van der Waals surface area contributed by atoms with Crippen LogP contribution in [0, 0.1) is 17.0 Å². The van der Waals surface area contributed by atoms with Crippen molar-refractivity contribution >= 4 is 23.0 Å². The van der Waals surface area contributed by atoms with Crippen LogP contribution < -0.4 is 10.6 Å². The van der Waals surface area contributed by atoms with E-state index in [1.807, 2.05) is 18.3 Å². The second kappa shape index (κ2) is 9.16. The Morgan fingerprint density at radius 1 is 1.52 bits per heavy atom. The van der Waals surface area contributed by atoms with Crippen LogP contribution in [0.1, 0.15) is 23.6 Å². The second-order valence-corrected chi connectivity index (χ2v) is 7.11. The maximum atomic E-state index is 10.7. The first-order valence-corrected chi connectivity index (χ1v) is 9.06. The molecule has 0 saturated heterocycles. The molecule has 8 nitrogen and oxygen atoms in total. The van der Waals surface area contributed by atoms with Crippen molar-refractivity contribution in [3.63, 3.8) is 0 Å². The third-order valence-electron chi connectivity index (χ3n) is 3.46. The molecular formula is C16H24N6O2S. The molecule has 0 aliphatic heterocycles. The fraction of sp³-hybridized carbons (Fsp3) is 0.500. The number of nitro groups is 1. The molecule has 0 saturated carbocycles. The summed E-state index contributed by atoms with van der Waals surface area (Å²) in [7, 11) is 0. The van der Waals surface area contributed by atoms with E-state index in [2.05, 4.69) is 46.7 Å². The molecule has 0 spiro atoms. The predicted molar refractivity (Wildman–Crippen MR) is 100 cm³/mol. The molecule has 1 atom stereocenters. The Hall–Kier alpha value is -2.42. The van der Waals surface area contributed by atoms with Gasteiger partial charge in [-0.1, -0.05) is 0 Å². The summed E-state index contributed by atoms with van der Waals surface area (Å²) in [5.74, 6) is 0.741. The average molecular weight is 364 g/mol. The molecule has 2 heterocycles. The van der Waals surface area contributed by atoms with Gasteiger partial charge in [0.25, 0.3) is 0 Å². The Balaban J connectivity index is 1.87. The van der Waals surface area contributed by atoms with Crippen molar-refractivity contribution in [3.8, 4) is 0 Å². The molecule has 2 N–H and O–H groups in total. The van der Waals surface area contributed by atoms with E-state index in [9.17, 15) is 10.1 Å². The summed E-state index contributed by atoms with van der Waals surface area (Å²) in [5.41, 5.74) is -0.00567. The molecule has 1 unspecified atom stereocenters. The number of guanidine groups is 1. The summed E-state index contributed by atoms with van der Waals surface area (Å²) in [5, 5.41) is 21.2. The van der Waals surface area contributed by atoms with Crippen LogP contribution in [-0.4, -0.2) is 39.8 Å². The van der Waals surface area contributed by atoms with Gasteiger partial charge in [0, 0.05) is 28.8 Å². The largest absolute Gasteiger partial charge is 0.357 e. The molecule has 2 aromatic rings. The van der Waals surface area contributed by atoms with E-state index in [4.69, 9.17) is 0 Å². The highest BCUT2D eigenvalue weighted by atomic mass is 32.1. The highest BCUT2D eigenvalue weighted by Crippen LogP contribution is 2.16. The van der Waals surface area contributed by atoms with Crippen molar-refractivity contribution in [1.82, 2.24) is 20.4 Å². The van der Waals surface area contributed by atoms with E-state index in [1.165, 1.54) is 26.8 Å². The number of aromatic nitrogens is 2. The molecule has 2 rings (SSSR count). The molecule has 0 radical (unpaired) electrons. The lowest BCUT2D eigenvalue weighted by molar-refractivity contribution is -0.385. The minimum Gasteiger partial charge on any atom is -0.357 e. The van der Waals surface area contributed by atoms with Gasteiger partial charge in [0.05, 0.1) is 18.0 Å². The van der Waals surface area contributed by atoms with Gasteiger partial charge < -0.3 is 10.6 Å². The van der Waals surface area contributed by atoms with Crippen molar-refractivity contribution in [2.45, 2.75) is 39.8 Å². The Kier molecular flexibility index (Phi) is 6.93. The predicted octanol–water partition coefficient (Wildman–Crippen LogP) is 2.35. The molecule has 2 aromatic heterocycles. The van der Waals surface area contributed by atoms with Crippen LogP contribution in [0.25, 0.3) is 0 Å². The fourth-order valence-corrected chi connectivity index (χ4v) is 3.35. The lowest BCUT2D eigenvalue weighted by Gasteiger charge is -2.17. The van der Waals surface area contributed by atoms with E-state index >= 15 is 0 Å². The molecule has 0 aliphatic carbocycles. The van der Waals surface area contributed by atoms with Crippen molar-refractivity contribution in [2.75, 3.05) is 13.1 Å². The van der Waals surface area contributed by atoms with Gasteiger partial charge in [-0.15, -0.1) is 11.3 Å². The standard InChI is InChI=1S/C16H24N6O2S/c1-4-17-16(20-12(2)9-15-6-5-13(3)25-15)18-7-8-21-11-14(10-19-21)22(23)24/h5-6,10-12H,4,7-9H2,1-3H3,(H2,17,18,20). The van der Waals surface area contributed by atoms with Crippen LogP contribution in [-0.2, 0) is 13.0 Å². The zero-order chi connectivity index (χ0) is 18.2. The molecular weight excluding hydrogens is 340 g/mol. The van der Waals surface area contributed by atoms with E-state index in [0.717, 1.165) is 18.9 Å². The average Bonchev–Trinajstić information content (AvgIpc) is 3.16. The fourth-order valence-electron chi connectivity index (χ4n) is 2.33. The molecule has 0 aromatic carbocycles. The number of hydrogen-bond donors (Lipinski definition) is 2. The van der Waals surface area contributed by atoms with Crippen LogP contribution in [0.4, 0.5) is 5.69 Å². The number of hydrogen-bond acceptors (Lipinski definition) is 5. The van der Waals surface area contributed by atoms with E-state index in [1.54, 1.807) is 0 Å². The Labute approximate surface area is 151 Å². The molecule has 9 heteroatoms. The first kappa shape index (κ1) is 18.9. The Bertz CT molecular complexity index is 724. The third-order valence-corrected chi connectivity index (χ3v) is 4.48. The monoisotopic (exact) mass is 364 g/mol. The van der Waals surface area contributed by atoms with Crippen molar-refractivity contribution < 1.29 is 4.92 Å². The minimum absolute atomic E-state index is 0.00567. The molecule has 0 amide bonds. The van der Waals surface area contributed by atoms with Gasteiger partial charge in [-0.05, 0) is 32.9 Å². The Morgan fingerprint density at radius 3 is 2.92 bits per heavy atom. The maximum absolute atomic E-state index is 10.7. The highest BCUT2D eigenvalue weighted by Gasteiger charge is 2.09. The van der Waals surface area contributed by atoms with Crippen molar-refractivity contribution in [1.29, 1.82) is 0 Å². The molecule has 0 aliphatic rings. The normalized spacial score (nSPS) is 12.8. The zero-order valence-electron chi connectivity index (χ0n) is 14.7. The topological polar surface area (TPSA) is 97.4 Å². The molecule has 0 fully saturated rings. The van der Waals surface area contributed by atoms with Crippen LogP contribution >= 0.6 is 11.3 Å². The number of nitrogens with one attached hydrogen (secondary N) is 2. The lowest BCUT2D eigenvalue weighted by Crippen LogP contribution is -2.43. The number of aryl methyl sites for hydroxylation is 1. The van der Waals surface area contributed by atoms with Crippen molar-refractivity contribution in [2.24, 2.45) is 4.99 Å². The summed E-state index contributed by atoms with van der Waals surface area (Å²) in [6, 6.07) is 4.55. The van der Waals surface area contributed by atoms with Gasteiger partial charge in [-0.2, -0.15) is 5.10 Å². The smallest absolute Gasteiger partial charge is 0.306 e. The van der Waals surface area contributed by atoms with Gasteiger partial charge in [0.1, 0.15) is 12.4 Å². The minimum atomic E-state index is -0.452. The van der Waals surface area contributed by atoms with Crippen LogP contribution in [0.5, 0.6) is 0 Å². The summed E-state index contributed by atoms with van der Waals surface area (Å²) >= 11 is 1.81. The van der Waals surface area contributed by atoms with Gasteiger partial charge in [0.15, 0.2) is 5.96 Å². The summed E-state index contributed by atoms with van der Waals surface area (Å²) in [6.07, 6.45) is 3.60. The second-order valence-electron chi connectivity index (χ2n) is 5.74. The van der Waals surface area contributed by atoms with Crippen LogP contribution in [0.3, 0.4) is 0 Å². The van der Waals surface area contributed by atoms with E-state index in [-0.39, 0.29) is 11.7 Å². The SMILES string of the molecule is CCNC(=NCCn1cc([N+](=O)[O-])cn1)NC(C)Cc1ccc(C)s1. The number of aliphatic imine (C=N–C) groups is 1. The quantitative estimate of drug-likeness (QED) is 0.324. The number of nitrogens with zero attached hydrogens (tertiary/aromatic N) is 4. The number of thiophene rings is 1. The summed E-state index contributed by atoms with van der Waals surface area (Å²) in [6.45, 7) is 7.99. The van der Waals surface area contributed by atoms with Gasteiger partial charge in [0.2, 0.25) is 0 Å². The third kappa shape index (κ3) is 6.18. The molecule has 25 heavy (non-hydrogen) atoms. The van der Waals surface area contributed by atoms with Gasteiger partial charge in [-0.3, -0.25) is 19.8 Å². The Morgan fingerprint density at radius 2 is 2.32 bits per heavy atom. The van der Waals surface area contributed by atoms with Gasteiger partial charge >= 0.3 is 5.69 Å². The molecule has 0 bridgehead atoms. The van der Waals surface area contributed by atoms with Crippen molar-refractivity contribution in [3.05, 3.63) is 44.4 Å². The maximum Gasteiger partial charge on any atom is 0.306 e. The van der Waals surface area contributed by atoms with E-state index in [0.29, 0.717) is 13.1 Å². The highest BCUT2D eigenvalue weighted by molar-refractivity contribution is 7.11. The zero-order valence-corrected chi connectivity index (χ0v) is 15.5. The first-order chi connectivity index (χ1) is 12.0. The van der Waals surface area contributed by atoms with E-state index < -0.39 is 4.92 Å². The summed E-state index contributed by atoms with van der Waals surface area (Å²) in [4.78, 5) is 17.4. The van der Waals surface area contributed by atoms with Crippen LogP contribution in [0.15, 0.2) is 29.5 Å². The lowest BCUT2D eigenvalue weighted by atomic mass is 10.2. The first-order valence-electron chi connectivity index (χ1n) is 8.25.